The van der Waals surface area contributed by atoms with Gasteiger partial charge in [-0.1, -0.05) is 13.8 Å². The minimum absolute atomic E-state index is 0.294. The number of hydrogen-bond acceptors (Lipinski definition) is 6. The predicted molar refractivity (Wildman–Crippen MR) is 108 cm³/mol. The summed E-state index contributed by atoms with van der Waals surface area (Å²) < 4.78 is 26.9. The molecule has 27 heavy (non-hydrogen) atoms. The van der Waals surface area contributed by atoms with E-state index in [0.717, 1.165) is 28.4 Å². The number of fused-ring (bicyclic) bond motifs is 1. The maximum absolute atomic E-state index is 12.7. The number of rotatable bonds is 8. The van der Waals surface area contributed by atoms with Crippen molar-refractivity contribution in [2.24, 2.45) is 0 Å². The molecule has 0 saturated heterocycles. The van der Waals surface area contributed by atoms with Gasteiger partial charge in [0.15, 0.2) is 0 Å². The van der Waals surface area contributed by atoms with E-state index in [0.29, 0.717) is 24.5 Å². The van der Waals surface area contributed by atoms with Gasteiger partial charge in [0.1, 0.15) is 5.82 Å². The van der Waals surface area contributed by atoms with Crippen LogP contribution >= 0.6 is 11.3 Å². The van der Waals surface area contributed by atoms with E-state index in [4.69, 9.17) is 0 Å². The Kier molecular flexibility index (Phi) is 5.95. The van der Waals surface area contributed by atoms with Gasteiger partial charge in [0.25, 0.3) is 0 Å². The second-order valence-corrected chi connectivity index (χ2v) is 9.73. The van der Waals surface area contributed by atoms with Crippen molar-refractivity contribution in [2.75, 3.05) is 20.1 Å². The minimum Gasteiger partial charge on any atom is -0.341 e. The number of aromatic amines is 1. The summed E-state index contributed by atoms with van der Waals surface area (Å²) in [6, 6.07) is 5.06. The normalized spacial score (nSPS) is 12.5. The van der Waals surface area contributed by atoms with Crippen LogP contribution < -0.4 is 0 Å². The molecule has 146 valence electrons. The molecule has 1 N–H and O–H groups in total. The molecule has 0 saturated carbocycles. The quantitative estimate of drug-likeness (QED) is 0.621. The SMILES string of the molecule is CCN(CC)S(=O)(=O)c1ccc2nc(CN(C)Cc3cnc(C)s3)[nH]c2c1. The molecule has 0 aliphatic carbocycles. The fourth-order valence-electron chi connectivity index (χ4n) is 3.05. The first-order valence-corrected chi connectivity index (χ1v) is 11.2. The van der Waals surface area contributed by atoms with Gasteiger partial charge in [-0.05, 0) is 32.2 Å². The molecule has 9 heteroatoms. The van der Waals surface area contributed by atoms with Gasteiger partial charge < -0.3 is 4.98 Å². The van der Waals surface area contributed by atoms with Gasteiger partial charge in [-0.25, -0.2) is 18.4 Å². The van der Waals surface area contributed by atoms with Crippen molar-refractivity contribution in [3.63, 3.8) is 0 Å². The summed E-state index contributed by atoms with van der Waals surface area (Å²) in [4.78, 5) is 15.8. The molecule has 7 nitrogen and oxygen atoms in total. The van der Waals surface area contributed by atoms with Gasteiger partial charge in [-0.3, -0.25) is 4.90 Å². The Balaban J connectivity index is 1.79. The van der Waals surface area contributed by atoms with Crippen molar-refractivity contribution in [1.82, 2.24) is 24.2 Å². The van der Waals surface area contributed by atoms with E-state index in [1.165, 1.54) is 9.18 Å². The summed E-state index contributed by atoms with van der Waals surface area (Å²) in [5.74, 6) is 0.811. The van der Waals surface area contributed by atoms with Crippen LogP contribution in [-0.4, -0.2) is 52.7 Å². The molecule has 0 aliphatic heterocycles. The number of sulfonamides is 1. The van der Waals surface area contributed by atoms with Gasteiger partial charge >= 0.3 is 0 Å². The van der Waals surface area contributed by atoms with Crippen LogP contribution in [-0.2, 0) is 23.1 Å². The highest BCUT2D eigenvalue weighted by molar-refractivity contribution is 7.89. The average molecular weight is 408 g/mol. The lowest BCUT2D eigenvalue weighted by Gasteiger charge is -2.18. The molecule has 0 spiro atoms. The predicted octanol–water partition coefficient (Wildman–Crippen LogP) is 2.99. The van der Waals surface area contributed by atoms with Crippen molar-refractivity contribution in [3.8, 4) is 0 Å². The molecule has 0 atom stereocenters. The third-order valence-corrected chi connectivity index (χ3v) is 7.30. The summed E-state index contributed by atoms with van der Waals surface area (Å²) >= 11 is 1.69. The van der Waals surface area contributed by atoms with Gasteiger partial charge in [-0.2, -0.15) is 4.31 Å². The van der Waals surface area contributed by atoms with Crippen LogP contribution in [0.5, 0.6) is 0 Å². The lowest BCUT2D eigenvalue weighted by molar-refractivity contribution is 0.314. The maximum Gasteiger partial charge on any atom is 0.243 e. The van der Waals surface area contributed by atoms with Crippen LogP contribution in [0, 0.1) is 6.92 Å². The molecule has 0 aliphatic rings. The third kappa shape index (κ3) is 4.37. The molecule has 0 radical (unpaired) electrons. The Morgan fingerprint density at radius 2 is 1.93 bits per heavy atom. The Morgan fingerprint density at radius 3 is 2.56 bits per heavy atom. The summed E-state index contributed by atoms with van der Waals surface area (Å²) in [5.41, 5.74) is 1.51. The Bertz CT molecular complexity index is 1020. The number of aryl methyl sites for hydroxylation is 1. The molecule has 1 aromatic carbocycles. The maximum atomic E-state index is 12.7. The van der Waals surface area contributed by atoms with Crippen LogP contribution in [0.1, 0.15) is 29.6 Å². The lowest BCUT2D eigenvalue weighted by atomic mass is 10.3. The molecular formula is C18H25N5O2S2. The van der Waals surface area contributed by atoms with Crippen LogP contribution in [0.4, 0.5) is 0 Å². The van der Waals surface area contributed by atoms with E-state index in [1.54, 1.807) is 29.5 Å². The molecule has 0 fully saturated rings. The third-order valence-electron chi connectivity index (χ3n) is 4.36. The van der Waals surface area contributed by atoms with Crippen LogP contribution in [0.25, 0.3) is 11.0 Å². The largest absolute Gasteiger partial charge is 0.341 e. The fourth-order valence-corrected chi connectivity index (χ4v) is 5.41. The lowest BCUT2D eigenvalue weighted by Crippen LogP contribution is -2.30. The Morgan fingerprint density at radius 1 is 1.19 bits per heavy atom. The summed E-state index contributed by atoms with van der Waals surface area (Å²) in [6.07, 6.45) is 1.90. The molecule has 3 rings (SSSR count). The monoisotopic (exact) mass is 407 g/mol. The van der Waals surface area contributed by atoms with E-state index < -0.39 is 10.0 Å². The fraction of sp³-hybridized carbons (Fsp3) is 0.444. The second kappa shape index (κ2) is 8.05. The molecule has 2 heterocycles. The van der Waals surface area contributed by atoms with E-state index in [-0.39, 0.29) is 0 Å². The Labute approximate surface area is 164 Å². The number of H-pyrrole nitrogens is 1. The first kappa shape index (κ1) is 19.9. The number of nitrogens with zero attached hydrogens (tertiary/aromatic N) is 4. The highest BCUT2D eigenvalue weighted by Gasteiger charge is 2.22. The topological polar surface area (TPSA) is 82.2 Å². The van der Waals surface area contributed by atoms with Gasteiger partial charge in [0, 0.05) is 30.7 Å². The first-order valence-electron chi connectivity index (χ1n) is 8.92. The van der Waals surface area contributed by atoms with Crippen LogP contribution in [0.2, 0.25) is 0 Å². The van der Waals surface area contributed by atoms with Crippen LogP contribution in [0.15, 0.2) is 29.3 Å². The van der Waals surface area contributed by atoms with Crippen LogP contribution in [0.3, 0.4) is 0 Å². The van der Waals surface area contributed by atoms with Crippen molar-refractivity contribution in [2.45, 2.75) is 38.8 Å². The zero-order chi connectivity index (χ0) is 19.6. The number of hydrogen-bond donors (Lipinski definition) is 1. The number of aromatic nitrogens is 3. The highest BCUT2D eigenvalue weighted by Crippen LogP contribution is 2.21. The minimum atomic E-state index is -3.48. The summed E-state index contributed by atoms with van der Waals surface area (Å²) in [6.45, 7) is 8.02. The smallest absolute Gasteiger partial charge is 0.243 e. The number of nitrogens with one attached hydrogen (secondary N) is 1. The zero-order valence-corrected chi connectivity index (χ0v) is 17.7. The molecule has 3 aromatic rings. The highest BCUT2D eigenvalue weighted by atomic mass is 32.2. The summed E-state index contributed by atoms with van der Waals surface area (Å²) in [5, 5.41) is 1.06. The Hall–Kier alpha value is -1.81. The first-order chi connectivity index (χ1) is 12.8. The zero-order valence-electron chi connectivity index (χ0n) is 16.1. The van der Waals surface area contributed by atoms with Crippen molar-refractivity contribution in [3.05, 3.63) is 40.1 Å². The van der Waals surface area contributed by atoms with E-state index in [2.05, 4.69) is 19.9 Å². The average Bonchev–Trinajstić information content (AvgIpc) is 3.20. The van der Waals surface area contributed by atoms with E-state index in [1.807, 2.05) is 34.0 Å². The number of benzene rings is 1. The van der Waals surface area contributed by atoms with Gasteiger partial charge in [0.05, 0.1) is 27.5 Å². The summed E-state index contributed by atoms with van der Waals surface area (Å²) in [7, 11) is -1.45. The second-order valence-electron chi connectivity index (χ2n) is 6.47. The molecule has 0 bridgehead atoms. The van der Waals surface area contributed by atoms with E-state index >= 15 is 0 Å². The van der Waals surface area contributed by atoms with Crippen molar-refractivity contribution in [1.29, 1.82) is 0 Å². The van der Waals surface area contributed by atoms with Gasteiger partial charge in [-0.15, -0.1) is 11.3 Å². The number of thiazole rings is 1. The van der Waals surface area contributed by atoms with Crippen molar-refractivity contribution < 1.29 is 8.42 Å². The molecule has 2 aromatic heterocycles. The molecule has 0 unspecified atom stereocenters. The molecular weight excluding hydrogens is 382 g/mol. The van der Waals surface area contributed by atoms with Gasteiger partial charge in [0.2, 0.25) is 10.0 Å². The standard InChI is InChI=1S/C18H25N5O2S2/c1-5-23(6-2)27(24,25)15-7-8-16-17(9-15)21-18(20-16)12-22(4)11-14-10-19-13(3)26-14/h7-10H,5-6,11-12H2,1-4H3,(H,20,21). The van der Waals surface area contributed by atoms with Crippen molar-refractivity contribution >= 4 is 32.4 Å². The van der Waals surface area contributed by atoms with E-state index in [9.17, 15) is 8.42 Å². The number of imidazole rings is 1. The molecule has 0 amide bonds.